The third-order valence-electron chi connectivity index (χ3n) is 7.02. The monoisotopic (exact) mass is 626 g/mol. The first-order valence-electron chi connectivity index (χ1n) is 13.3. The molecule has 3 amide bonds. The van der Waals surface area contributed by atoms with Gasteiger partial charge in [0.1, 0.15) is 29.1 Å². The number of hydrogen-bond acceptors (Lipinski definition) is 14. The highest BCUT2D eigenvalue weighted by molar-refractivity contribution is 8.00. The second-order valence-electron chi connectivity index (χ2n) is 11.3. The standard InChI is InChI=1S/C25H34N6O9S2/c1-24(2,3)20(34)39-13-40-21(35)25(11-38-23(36)30-7-5-4-6-8-30)10-31-18(33)16(19(31)42-12-25)28-17(32)15(29-37)14-9-41-22(26)27-14/h9,16,19,37H,4-8,10-13H2,1-3H3,(H2,26,27)(H,28,32)/t16?,19-,25?/m1/s1. The molecule has 4 rings (SSSR count). The van der Waals surface area contributed by atoms with Gasteiger partial charge >= 0.3 is 18.0 Å². The van der Waals surface area contributed by atoms with Gasteiger partial charge in [-0.25, -0.2) is 9.78 Å². The number of nitrogens with two attached hydrogens (primary N) is 1. The number of fused-ring (bicyclic) bond motifs is 1. The van der Waals surface area contributed by atoms with Crippen LogP contribution in [0.1, 0.15) is 45.7 Å². The van der Waals surface area contributed by atoms with Gasteiger partial charge < -0.3 is 40.3 Å². The number of likely N-dealkylation sites (tertiary alicyclic amines) is 1. The Bertz CT molecular complexity index is 1260. The number of carbonyl (C=O) groups is 5. The van der Waals surface area contributed by atoms with Crippen molar-refractivity contribution in [3.8, 4) is 0 Å². The summed E-state index contributed by atoms with van der Waals surface area (Å²) >= 11 is 2.25. The van der Waals surface area contributed by atoms with E-state index in [1.807, 2.05) is 0 Å². The summed E-state index contributed by atoms with van der Waals surface area (Å²) in [7, 11) is 0. The van der Waals surface area contributed by atoms with E-state index in [9.17, 15) is 29.2 Å². The molecule has 3 fully saturated rings. The van der Waals surface area contributed by atoms with E-state index in [4.69, 9.17) is 19.9 Å². The minimum atomic E-state index is -1.44. The average Bonchev–Trinajstić information content (AvgIpc) is 3.40. The van der Waals surface area contributed by atoms with Gasteiger partial charge in [-0.05, 0) is 40.0 Å². The highest BCUT2D eigenvalue weighted by Gasteiger charge is 2.58. The molecule has 3 atom stereocenters. The van der Waals surface area contributed by atoms with Crippen molar-refractivity contribution < 1.29 is 43.4 Å². The van der Waals surface area contributed by atoms with Crippen LogP contribution in [0.4, 0.5) is 9.93 Å². The zero-order valence-electron chi connectivity index (χ0n) is 23.5. The Balaban J connectivity index is 1.43. The molecule has 230 valence electrons. The van der Waals surface area contributed by atoms with Crippen LogP contribution >= 0.6 is 23.1 Å². The summed E-state index contributed by atoms with van der Waals surface area (Å²) in [5, 5.41) is 16.0. The van der Waals surface area contributed by atoms with Crippen molar-refractivity contribution in [1.82, 2.24) is 20.1 Å². The predicted molar refractivity (Wildman–Crippen MR) is 150 cm³/mol. The van der Waals surface area contributed by atoms with Crippen LogP contribution in [0.3, 0.4) is 0 Å². The largest absolute Gasteiger partial charge is 0.448 e. The highest BCUT2D eigenvalue weighted by Crippen LogP contribution is 2.43. The Morgan fingerprint density at radius 3 is 2.52 bits per heavy atom. The molecule has 3 saturated heterocycles. The zero-order chi connectivity index (χ0) is 30.7. The fraction of sp³-hybridized carbons (Fsp3) is 0.640. The normalized spacial score (nSPS) is 24.3. The molecule has 17 heteroatoms. The van der Waals surface area contributed by atoms with E-state index in [0.29, 0.717) is 13.1 Å². The van der Waals surface area contributed by atoms with Gasteiger partial charge in [0.2, 0.25) is 12.7 Å². The Morgan fingerprint density at radius 2 is 1.90 bits per heavy atom. The molecular weight excluding hydrogens is 592 g/mol. The number of amides is 3. The summed E-state index contributed by atoms with van der Waals surface area (Å²) in [6.07, 6.45) is 2.16. The van der Waals surface area contributed by atoms with E-state index in [2.05, 4.69) is 15.5 Å². The molecule has 0 bridgehead atoms. The minimum absolute atomic E-state index is 0.0573. The van der Waals surface area contributed by atoms with Crippen LogP contribution in [0.15, 0.2) is 10.5 Å². The molecule has 42 heavy (non-hydrogen) atoms. The van der Waals surface area contributed by atoms with Crippen molar-refractivity contribution in [2.24, 2.45) is 16.0 Å². The first kappa shape index (κ1) is 31.3. The molecule has 4 heterocycles. The van der Waals surface area contributed by atoms with E-state index in [-0.39, 0.29) is 29.7 Å². The first-order valence-corrected chi connectivity index (χ1v) is 15.2. The number of ether oxygens (including phenoxy) is 3. The maximum atomic E-state index is 13.4. The molecule has 3 aliphatic heterocycles. The number of nitrogens with zero attached hydrogens (tertiary/aromatic N) is 4. The van der Waals surface area contributed by atoms with Crippen LogP contribution < -0.4 is 11.1 Å². The number of anilines is 1. The number of carbonyl (C=O) groups excluding carboxylic acids is 5. The lowest BCUT2D eigenvalue weighted by atomic mass is 9.88. The molecule has 1 aromatic rings. The number of hydrogen-bond donors (Lipinski definition) is 3. The molecule has 3 aliphatic rings. The SMILES string of the molecule is CC(C)(C)C(=O)OCOC(=O)C1(COC(=O)N2CCCCC2)CS[C@@H]2C(NC(=O)C(=NO)c3csc(N)n3)C(=O)N2C1. The van der Waals surface area contributed by atoms with Crippen molar-refractivity contribution in [2.75, 3.05) is 44.5 Å². The molecule has 0 saturated carbocycles. The van der Waals surface area contributed by atoms with Crippen LogP contribution in [0.25, 0.3) is 0 Å². The number of oxime groups is 1. The molecule has 4 N–H and O–H groups in total. The third kappa shape index (κ3) is 6.72. The van der Waals surface area contributed by atoms with Crippen LogP contribution in [-0.4, -0.2) is 106 Å². The van der Waals surface area contributed by atoms with Crippen molar-refractivity contribution in [2.45, 2.75) is 51.4 Å². The molecule has 0 aromatic carbocycles. The molecular formula is C25H34N6O9S2. The quantitative estimate of drug-likeness (QED) is 0.0924. The number of rotatable bonds is 8. The number of thioether (sulfide) groups is 1. The van der Waals surface area contributed by atoms with Gasteiger partial charge in [-0.2, -0.15) is 0 Å². The van der Waals surface area contributed by atoms with E-state index >= 15 is 0 Å². The zero-order valence-corrected chi connectivity index (χ0v) is 25.1. The van der Waals surface area contributed by atoms with E-state index in [0.717, 1.165) is 30.6 Å². The lowest BCUT2D eigenvalue weighted by molar-refractivity contribution is -0.182. The van der Waals surface area contributed by atoms with Crippen molar-refractivity contribution in [3.63, 3.8) is 0 Å². The van der Waals surface area contributed by atoms with Crippen molar-refractivity contribution in [1.29, 1.82) is 0 Å². The number of thiazole rings is 1. The van der Waals surface area contributed by atoms with Crippen molar-refractivity contribution >= 4 is 63.8 Å². The maximum absolute atomic E-state index is 13.4. The van der Waals surface area contributed by atoms with E-state index < -0.39 is 64.6 Å². The Labute approximate surface area is 250 Å². The molecule has 2 unspecified atom stereocenters. The summed E-state index contributed by atoms with van der Waals surface area (Å²) in [4.78, 5) is 71.0. The lowest BCUT2D eigenvalue weighted by Gasteiger charge is -2.53. The fourth-order valence-electron chi connectivity index (χ4n) is 4.59. The lowest BCUT2D eigenvalue weighted by Crippen LogP contribution is -2.74. The summed E-state index contributed by atoms with van der Waals surface area (Å²) < 4.78 is 15.9. The molecule has 0 aliphatic carbocycles. The third-order valence-corrected chi connectivity index (χ3v) is 9.28. The maximum Gasteiger partial charge on any atom is 0.409 e. The molecule has 0 radical (unpaired) electrons. The van der Waals surface area contributed by atoms with Gasteiger partial charge in [0, 0.05) is 30.8 Å². The van der Waals surface area contributed by atoms with Crippen LogP contribution in [-0.2, 0) is 33.4 Å². The van der Waals surface area contributed by atoms with Crippen LogP contribution in [0, 0.1) is 10.8 Å². The Hall–Kier alpha value is -3.60. The average molecular weight is 627 g/mol. The minimum Gasteiger partial charge on any atom is -0.448 e. The number of β-lactam (4-membered cyclic amide) rings is 1. The molecule has 1 aromatic heterocycles. The summed E-state index contributed by atoms with van der Waals surface area (Å²) in [5.74, 6) is -2.60. The first-order chi connectivity index (χ1) is 19.9. The van der Waals surface area contributed by atoms with Gasteiger partial charge in [0.05, 0.1) is 5.41 Å². The number of aromatic nitrogens is 1. The van der Waals surface area contributed by atoms with Gasteiger partial charge in [0.15, 0.2) is 10.8 Å². The highest BCUT2D eigenvalue weighted by atomic mass is 32.2. The van der Waals surface area contributed by atoms with Gasteiger partial charge in [-0.15, -0.1) is 23.1 Å². The second-order valence-corrected chi connectivity index (χ2v) is 13.2. The Kier molecular flexibility index (Phi) is 9.50. The van der Waals surface area contributed by atoms with Crippen LogP contribution in [0.5, 0.6) is 0 Å². The van der Waals surface area contributed by atoms with Gasteiger partial charge in [-0.1, -0.05) is 5.16 Å². The van der Waals surface area contributed by atoms with E-state index in [1.54, 1.807) is 25.7 Å². The smallest absolute Gasteiger partial charge is 0.409 e. The fourth-order valence-corrected chi connectivity index (χ4v) is 6.66. The number of piperidine rings is 1. The van der Waals surface area contributed by atoms with Gasteiger partial charge in [-0.3, -0.25) is 19.2 Å². The Morgan fingerprint density at radius 1 is 1.19 bits per heavy atom. The summed E-state index contributed by atoms with van der Waals surface area (Å²) in [6.45, 7) is 4.92. The number of nitrogens with one attached hydrogen (secondary N) is 1. The van der Waals surface area contributed by atoms with Crippen LogP contribution in [0.2, 0.25) is 0 Å². The van der Waals surface area contributed by atoms with Crippen molar-refractivity contribution in [3.05, 3.63) is 11.1 Å². The topological polar surface area (TPSA) is 203 Å². The van der Waals surface area contributed by atoms with E-state index in [1.165, 1.54) is 22.0 Å². The number of nitrogen functional groups attached to an aromatic ring is 1. The summed E-state index contributed by atoms with van der Waals surface area (Å²) in [5.41, 5.74) is 3.00. The second kappa shape index (κ2) is 12.7. The molecule has 0 spiro atoms. The van der Waals surface area contributed by atoms with Gasteiger partial charge in [0.25, 0.3) is 5.91 Å². The molecule has 15 nitrogen and oxygen atoms in total. The predicted octanol–water partition coefficient (Wildman–Crippen LogP) is 1.00. The number of esters is 2. The summed E-state index contributed by atoms with van der Waals surface area (Å²) in [6, 6.07) is -0.965.